The highest BCUT2D eigenvalue weighted by Gasteiger charge is 2.12. The molecular formula is C12H16Cl2N2. The molecule has 0 unspecified atom stereocenters. The highest BCUT2D eigenvalue weighted by atomic mass is 35.5. The minimum atomic E-state index is 0. The molecule has 2 aromatic rings. The molecule has 2 nitrogen and oxygen atoms in total. The maximum Gasteiger partial charge on any atom is 0.0458 e. The number of halogens is 2. The first-order chi connectivity index (χ1) is 6.95. The van der Waals surface area contributed by atoms with Gasteiger partial charge in [-0.2, -0.15) is 0 Å². The molecule has 1 aliphatic rings. The van der Waals surface area contributed by atoms with Gasteiger partial charge in [-0.25, -0.2) is 0 Å². The van der Waals surface area contributed by atoms with Gasteiger partial charge >= 0.3 is 0 Å². The molecule has 4 heteroatoms. The molecule has 0 bridgehead atoms. The van der Waals surface area contributed by atoms with Crippen LogP contribution in [0.2, 0.25) is 0 Å². The fraction of sp³-hybridized carbons (Fsp3) is 0.333. The molecule has 0 amide bonds. The largest absolute Gasteiger partial charge is 0.358 e. The van der Waals surface area contributed by atoms with E-state index in [4.69, 9.17) is 0 Å². The standard InChI is InChI=1S/C12H14N2.2ClH/c1-2-4-11-9(3-1)10-5-7-13-8-6-12(10)14-11;;/h1-4,13-14H,5-8H2;2*1H. The molecule has 3 rings (SSSR count). The second kappa shape index (κ2) is 5.58. The van der Waals surface area contributed by atoms with Crippen LogP contribution < -0.4 is 5.32 Å². The van der Waals surface area contributed by atoms with Gasteiger partial charge < -0.3 is 10.3 Å². The van der Waals surface area contributed by atoms with Gasteiger partial charge in [-0.15, -0.1) is 24.8 Å². The quantitative estimate of drug-likeness (QED) is 0.748. The van der Waals surface area contributed by atoms with E-state index in [0.29, 0.717) is 0 Å². The van der Waals surface area contributed by atoms with Gasteiger partial charge in [0.1, 0.15) is 0 Å². The van der Waals surface area contributed by atoms with Crippen molar-refractivity contribution >= 4 is 35.7 Å². The summed E-state index contributed by atoms with van der Waals surface area (Å²) in [5, 5.41) is 4.83. The number of fused-ring (bicyclic) bond motifs is 3. The van der Waals surface area contributed by atoms with E-state index in [1.54, 1.807) is 0 Å². The summed E-state index contributed by atoms with van der Waals surface area (Å²) in [5.41, 5.74) is 4.24. The van der Waals surface area contributed by atoms with Gasteiger partial charge in [-0.1, -0.05) is 18.2 Å². The number of benzene rings is 1. The van der Waals surface area contributed by atoms with E-state index in [-0.39, 0.29) is 24.8 Å². The highest BCUT2D eigenvalue weighted by molar-refractivity contribution is 5.86. The van der Waals surface area contributed by atoms with Crippen LogP contribution in [-0.2, 0) is 12.8 Å². The summed E-state index contributed by atoms with van der Waals surface area (Å²) in [6.07, 6.45) is 2.28. The first-order valence-corrected chi connectivity index (χ1v) is 5.24. The van der Waals surface area contributed by atoms with Crippen molar-refractivity contribution in [2.75, 3.05) is 13.1 Å². The average molecular weight is 259 g/mol. The molecule has 0 atom stereocenters. The van der Waals surface area contributed by atoms with Crippen molar-refractivity contribution in [1.82, 2.24) is 10.3 Å². The summed E-state index contributed by atoms with van der Waals surface area (Å²) in [6.45, 7) is 2.20. The maximum absolute atomic E-state index is 3.52. The van der Waals surface area contributed by atoms with Gasteiger partial charge in [0.2, 0.25) is 0 Å². The lowest BCUT2D eigenvalue weighted by Crippen LogP contribution is -2.16. The molecule has 0 aliphatic carbocycles. The molecule has 1 aliphatic heterocycles. The summed E-state index contributed by atoms with van der Waals surface area (Å²) < 4.78 is 0. The summed E-state index contributed by atoms with van der Waals surface area (Å²) in [7, 11) is 0. The highest BCUT2D eigenvalue weighted by Crippen LogP contribution is 2.23. The van der Waals surface area contributed by atoms with E-state index in [1.807, 2.05) is 0 Å². The lowest BCUT2D eigenvalue weighted by atomic mass is 10.1. The van der Waals surface area contributed by atoms with Gasteiger partial charge in [0, 0.05) is 29.6 Å². The Kier molecular flexibility index (Phi) is 4.66. The van der Waals surface area contributed by atoms with E-state index in [1.165, 1.54) is 22.2 Å². The number of hydrogen-bond donors (Lipinski definition) is 2. The predicted molar refractivity (Wildman–Crippen MR) is 73.1 cm³/mol. The number of nitrogens with one attached hydrogen (secondary N) is 2. The van der Waals surface area contributed by atoms with Crippen LogP contribution in [-0.4, -0.2) is 18.1 Å². The Morgan fingerprint density at radius 1 is 0.938 bits per heavy atom. The minimum absolute atomic E-state index is 0. The fourth-order valence-electron chi connectivity index (χ4n) is 2.31. The molecule has 16 heavy (non-hydrogen) atoms. The van der Waals surface area contributed by atoms with Gasteiger partial charge in [0.05, 0.1) is 0 Å². The zero-order valence-electron chi connectivity index (χ0n) is 8.95. The Bertz CT molecular complexity index is 465. The summed E-state index contributed by atoms with van der Waals surface area (Å²) in [6, 6.07) is 8.60. The van der Waals surface area contributed by atoms with E-state index >= 15 is 0 Å². The van der Waals surface area contributed by atoms with Gasteiger partial charge in [0.15, 0.2) is 0 Å². The van der Waals surface area contributed by atoms with Crippen LogP contribution in [0, 0.1) is 0 Å². The number of aromatic amines is 1. The molecule has 0 saturated heterocycles. The second-order valence-electron chi connectivity index (χ2n) is 3.88. The smallest absolute Gasteiger partial charge is 0.0458 e. The SMILES string of the molecule is Cl.Cl.c1ccc2c3c([nH]c2c1)CCNCC3. The Labute approximate surface area is 108 Å². The topological polar surface area (TPSA) is 27.8 Å². The molecule has 0 radical (unpaired) electrons. The van der Waals surface area contributed by atoms with Gasteiger partial charge in [0.25, 0.3) is 0 Å². The lowest BCUT2D eigenvalue weighted by Gasteiger charge is -1.97. The predicted octanol–water partition coefficient (Wildman–Crippen LogP) is 2.70. The molecule has 0 saturated carbocycles. The zero-order chi connectivity index (χ0) is 9.38. The Hall–Kier alpha value is -0.700. The lowest BCUT2D eigenvalue weighted by molar-refractivity contribution is 0.708. The van der Waals surface area contributed by atoms with E-state index in [0.717, 1.165) is 25.9 Å². The van der Waals surface area contributed by atoms with E-state index < -0.39 is 0 Å². The first kappa shape index (κ1) is 13.4. The first-order valence-electron chi connectivity index (χ1n) is 5.24. The second-order valence-corrected chi connectivity index (χ2v) is 3.88. The summed E-state index contributed by atoms with van der Waals surface area (Å²) >= 11 is 0. The van der Waals surface area contributed by atoms with Gasteiger partial charge in [-0.05, 0) is 24.6 Å². The zero-order valence-corrected chi connectivity index (χ0v) is 10.6. The summed E-state index contributed by atoms with van der Waals surface area (Å²) in [4.78, 5) is 3.52. The van der Waals surface area contributed by atoms with Crippen LogP contribution in [0.4, 0.5) is 0 Å². The van der Waals surface area contributed by atoms with Crippen LogP contribution >= 0.6 is 24.8 Å². The molecular weight excluding hydrogens is 243 g/mol. The molecule has 0 fully saturated rings. The molecule has 1 aromatic heterocycles. The van der Waals surface area contributed by atoms with E-state index in [9.17, 15) is 0 Å². The Morgan fingerprint density at radius 3 is 2.56 bits per heavy atom. The van der Waals surface area contributed by atoms with Crippen molar-refractivity contribution in [3.8, 4) is 0 Å². The molecule has 2 N–H and O–H groups in total. The van der Waals surface area contributed by atoms with Crippen molar-refractivity contribution in [3.05, 3.63) is 35.5 Å². The number of hydrogen-bond acceptors (Lipinski definition) is 1. The average Bonchev–Trinajstić information content (AvgIpc) is 2.42. The fourth-order valence-corrected chi connectivity index (χ4v) is 2.31. The molecule has 88 valence electrons. The summed E-state index contributed by atoms with van der Waals surface area (Å²) in [5.74, 6) is 0. The minimum Gasteiger partial charge on any atom is -0.358 e. The van der Waals surface area contributed by atoms with Crippen molar-refractivity contribution < 1.29 is 0 Å². The molecule has 1 aromatic carbocycles. The van der Waals surface area contributed by atoms with E-state index in [2.05, 4.69) is 34.6 Å². The van der Waals surface area contributed by atoms with Gasteiger partial charge in [-0.3, -0.25) is 0 Å². The van der Waals surface area contributed by atoms with Crippen molar-refractivity contribution in [1.29, 1.82) is 0 Å². The monoisotopic (exact) mass is 258 g/mol. The van der Waals surface area contributed by atoms with Crippen LogP contribution in [0.5, 0.6) is 0 Å². The third-order valence-corrected chi connectivity index (χ3v) is 3.01. The number of para-hydroxylation sites is 1. The van der Waals surface area contributed by atoms with Crippen LogP contribution in [0.25, 0.3) is 10.9 Å². The Balaban J connectivity index is 0.000000640. The Morgan fingerprint density at radius 2 is 1.69 bits per heavy atom. The maximum atomic E-state index is 3.52. The third-order valence-electron chi connectivity index (χ3n) is 3.01. The van der Waals surface area contributed by atoms with Crippen LogP contribution in [0.3, 0.4) is 0 Å². The van der Waals surface area contributed by atoms with Crippen LogP contribution in [0.15, 0.2) is 24.3 Å². The van der Waals surface area contributed by atoms with Crippen molar-refractivity contribution in [2.45, 2.75) is 12.8 Å². The van der Waals surface area contributed by atoms with Crippen molar-refractivity contribution in [2.24, 2.45) is 0 Å². The molecule has 2 heterocycles. The normalized spacial score (nSPS) is 14.5. The number of H-pyrrole nitrogens is 1. The van der Waals surface area contributed by atoms with Crippen molar-refractivity contribution in [3.63, 3.8) is 0 Å². The number of aromatic nitrogens is 1. The van der Waals surface area contributed by atoms with Crippen LogP contribution in [0.1, 0.15) is 11.3 Å². The molecule has 0 spiro atoms. The third kappa shape index (κ3) is 2.19. The number of rotatable bonds is 0.